The van der Waals surface area contributed by atoms with Crippen molar-refractivity contribution in [2.24, 2.45) is 7.05 Å². The van der Waals surface area contributed by atoms with Gasteiger partial charge in [0.15, 0.2) is 0 Å². The fourth-order valence-electron chi connectivity index (χ4n) is 4.66. The van der Waals surface area contributed by atoms with Crippen molar-refractivity contribution in [3.63, 3.8) is 0 Å². The molecule has 1 N–H and O–H groups in total. The molecule has 3 aromatic rings. The Balaban J connectivity index is 0.00000180. The van der Waals surface area contributed by atoms with E-state index < -0.39 is 9.84 Å². The molecule has 1 saturated heterocycles. The maximum Gasteiger partial charge on any atom is 0.209 e. The molecular formula is C19H21ClN4O2S. The van der Waals surface area contributed by atoms with Crippen LogP contribution in [0.3, 0.4) is 0 Å². The number of aromatic nitrogens is 3. The molecule has 2 aliphatic rings. The largest absolute Gasteiger partial charge is 0.347 e. The molecule has 8 heteroatoms. The Morgan fingerprint density at radius 2 is 1.89 bits per heavy atom. The number of halogens is 1. The summed E-state index contributed by atoms with van der Waals surface area (Å²) in [6, 6.07) is 4.47. The summed E-state index contributed by atoms with van der Waals surface area (Å²) in [7, 11) is -1.54. The van der Waals surface area contributed by atoms with E-state index in [0.29, 0.717) is 17.0 Å². The molecule has 2 aliphatic heterocycles. The number of aryl methyl sites for hydroxylation is 2. The number of nitrogens with zero attached hydrogens (tertiary/aromatic N) is 3. The van der Waals surface area contributed by atoms with E-state index in [1.165, 1.54) is 36.4 Å². The van der Waals surface area contributed by atoms with Gasteiger partial charge in [-0.1, -0.05) is 0 Å². The lowest BCUT2D eigenvalue weighted by atomic mass is 9.98. The number of nitrogens with one attached hydrogen (secondary N) is 1. The van der Waals surface area contributed by atoms with Crippen molar-refractivity contribution >= 4 is 33.1 Å². The molecule has 0 spiro atoms. The lowest BCUT2D eigenvalue weighted by molar-refractivity contribution is 0.503. The summed E-state index contributed by atoms with van der Waals surface area (Å²) in [5.74, 6) is 0. The van der Waals surface area contributed by atoms with E-state index in [2.05, 4.69) is 26.9 Å². The minimum atomic E-state index is -3.64. The second-order valence-electron chi connectivity index (χ2n) is 7.33. The lowest BCUT2D eigenvalue weighted by Gasteiger charge is -2.23. The predicted octanol–water partition coefficient (Wildman–Crippen LogP) is 2.88. The fraction of sp³-hybridized carbons (Fsp3) is 0.368. The molecule has 4 heterocycles. The summed E-state index contributed by atoms with van der Waals surface area (Å²) in [5, 5.41) is 4.73. The molecule has 0 saturated carbocycles. The zero-order valence-corrected chi connectivity index (χ0v) is 16.8. The van der Waals surface area contributed by atoms with Crippen LogP contribution in [0.15, 0.2) is 40.6 Å². The number of sulfone groups is 1. The molecule has 2 bridgehead atoms. The number of benzene rings is 1. The van der Waals surface area contributed by atoms with Crippen LogP contribution >= 0.6 is 12.4 Å². The van der Waals surface area contributed by atoms with Crippen molar-refractivity contribution in [3.05, 3.63) is 47.7 Å². The van der Waals surface area contributed by atoms with Gasteiger partial charge in [0.25, 0.3) is 0 Å². The van der Waals surface area contributed by atoms with Crippen LogP contribution in [-0.4, -0.2) is 29.0 Å². The molecular weight excluding hydrogens is 384 g/mol. The molecule has 0 amide bonds. The summed E-state index contributed by atoms with van der Waals surface area (Å²) in [4.78, 5) is 8.16. The molecule has 5 rings (SSSR count). The van der Waals surface area contributed by atoms with Crippen molar-refractivity contribution in [2.75, 3.05) is 0 Å². The van der Waals surface area contributed by atoms with E-state index in [-0.39, 0.29) is 17.3 Å². The van der Waals surface area contributed by atoms with Crippen LogP contribution in [0.4, 0.5) is 0 Å². The van der Waals surface area contributed by atoms with Gasteiger partial charge in [-0.05, 0) is 43.0 Å². The maximum absolute atomic E-state index is 13.1. The highest BCUT2D eigenvalue weighted by Gasteiger charge is 2.36. The SMILES string of the molecule is Cc1cc(S(=O)(=O)c2cncnc2)cc2c3c(n(C)c12)CC1CCC3N1.Cl. The maximum atomic E-state index is 13.1. The van der Waals surface area contributed by atoms with Crippen molar-refractivity contribution < 1.29 is 8.42 Å². The van der Waals surface area contributed by atoms with Gasteiger partial charge in [-0.3, -0.25) is 0 Å². The van der Waals surface area contributed by atoms with Gasteiger partial charge in [-0.15, -0.1) is 12.4 Å². The quantitative estimate of drug-likeness (QED) is 0.710. The van der Waals surface area contributed by atoms with E-state index >= 15 is 0 Å². The van der Waals surface area contributed by atoms with Crippen LogP contribution < -0.4 is 5.32 Å². The van der Waals surface area contributed by atoms with Gasteiger partial charge in [-0.25, -0.2) is 18.4 Å². The Kier molecular flexibility index (Phi) is 4.29. The van der Waals surface area contributed by atoms with Crippen LogP contribution in [0.5, 0.6) is 0 Å². The van der Waals surface area contributed by atoms with E-state index in [1.807, 2.05) is 13.0 Å². The van der Waals surface area contributed by atoms with E-state index in [0.717, 1.165) is 29.3 Å². The minimum absolute atomic E-state index is 0. The van der Waals surface area contributed by atoms with Gasteiger partial charge in [0.05, 0.1) is 10.4 Å². The second kappa shape index (κ2) is 6.29. The van der Waals surface area contributed by atoms with E-state index in [1.54, 1.807) is 6.07 Å². The van der Waals surface area contributed by atoms with Crippen LogP contribution in [0.25, 0.3) is 10.9 Å². The normalized spacial score (nSPS) is 21.1. The Bertz CT molecular complexity index is 1140. The molecule has 0 aliphatic carbocycles. The first-order valence-electron chi connectivity index (χ1n) is 8.85. The average molecular weight is 405 g/mol. The van der Waals surface area contributed by atoms with Gasteiger partial charge in [0.1, 0.15) is 11.2 Å². The number of hydrogen-bond acceptors (Lipinski definition) is 5. The fourth-order valence-corrected chi connectivity index (χ4v) is 5.94. The molecule has 2 atom stereocenters. The molecule has 0 radical (unpaired) electrons. The molecule has 6 nitrogen and oxygen atoms in total. The minimum Gasteiger partial charge on any atom is -0.347 e. The Hall–Kier alpha value is -1.96. The topological polar surface area (TPSA) is 76.9 Å². The first kappa shape index (κ1) is 18.4. The van der Waals surface area contributed by atoms with Crippen LogP contribution in [0.2, 0.25) is 0 Å². The first-order valence-corrected chi connectivity index (χ1v) is 10.3. The van der Waals surface area contributed by atoms with Crippen molar-refractivity contribution in [1.82, 2.24) is 19.9 Å². The van der Waals surface area contributed by atoms with E-state index in [4.69, 9.17) is 0 Å². The monoisotopic (exact) mass is 404 g/mol. The highest BCUT2D eigenvalue weighted by Crippen LogP contribution is 2.43. The van der Waals surface area contributed by atoms with Gasteiger partial charge in [0.2, 0.25) is 9.84 Å². The third kappa shape index (κ3) is 2.60. The Morgan fingerprint density at radius 1 is 1.15 bits per heavy atom. The van der Waals surface area contributed by atoms with Crippen molar-refractivity contribution in [1.29, 1.82) is 0 Å². The molecule has 27 heavy (non-hydrogen) atoms. The van der Waals surface area contributed by atoms with Crippen LogP contribution in [0.1, 0.15) is 35.7 Å². The Morgan fingerprint density at radius 3 is 2.63 bits per heavy atom. The van der Waals surface area contributed by atoms with Crippen molar-refractivity contribution in [2.45, 2.75) is 48.1 Å². The highest BCUT2D eigenvalue weighted by molar-refractivity contribution is 7.91. The summed E-state index contributed by atoms with van der Waals surface area (Å²) in [5.41, 5.74) is 4.73. The van der Waals surface area contributed by atoms with Gasteiger partial charge < -0.3 is 9.88 Å². The van der Waals surface area contributed by atoms with Gasteiger partial charge in [0, 0.05) is 49.0 Å². The van der Waals surface area contributed by atoms with Crippen LogP contribution in [0, 0.1) is 6.92 Å². The van der Waals surface area contributed by atoms with Crippen molar-refractivity contribution in [3.8, 4) is 0 Å². The number of fused-ring (bicyclic) bond motifs is 6. The number of rotatable bonds is 2. The summed E-state index contributed by atoms with van der Waals surface area (Å²) >= 11 is 0. The molecule has 142 valence electrons. The summed E-state index contributed by atoms with van der Waals surface area (Å²) in [6.45, 7) is 1.99. The second-order valence-corrected chi connectivity index (χ2v) is 9.28. The third-order valence-corrected chi connectivity index (χ3v) is 7.49. The predicted molar refractivity (Wildman–Crippen MR) is 105 cm³/mol. The van der Waals surface area contributed by atoms with Crippen LogP contribution in [-0.2, 0) is 23.3 Å². The zero-order valence-electron chi connectivity index (χ0n) is 15.1. The molecule has 1 fully saturated rings. The Labute approximate surface area is 164 Å². The summed E-state index contributed by atoms with van der Waals surface area (Å²) < 4.78 is 28.4. The third-order valence-electron chi connectivity index (χ3n) is 5.80. The number of hydrogen-bond donors (Lipinski definition) is 1. The van der Waals surface area contributed by atoms with Gasteiger partial charge >= 0.3 is 0 Å². The van der Waals surface area contributed by atoms with Gasteiger partial charge in [-0.2, -0.15) is 0 Å². The average Bonchev–Trinajstić information content (AvgIpc) is 3.15. The standard InChI is InChI=1S/C19H20N4O2S.ClH/c1-11-5-13(26(24,25)14-8-20-10-21-9-14)7-15-18-16-4-3-12(22-16)6-17(18)23(2)19(11)15;/h5,7-10,12,16,22H,3-4,6H2,1-2H3;1H. The van der Waals surface area contributed by atoms with E-state index in [9.17, 15) is 8.42 Å². The smallest absolute Gasteiger partial charge is 0.209 e. The zero-order chi connectivity index (χ0) is 18.1. The molecule has 2 unspecified atom stereocenters. The summed E-state index contributed by atoms with van der Waals surface area (Å²) in [6.07, 6.45) is 7.34. The first-order chi connectivity index (χ1) is 12.5. The molecule has 1 aromatic carbocycles. The highest BCUT2D eigenvalue weighted by atomic mass is 35.5. The lowest BCUT2D eigenvalue weighted by Crippen LogP contribution is -2.32. The molecule has 2 aromatic heterocycles.